The summed E-state index contributed by atoms with van der Waals surface area (Å²) in [5.41, 5.74) is 0.398. The molecule has 1 amide bonds. The number of aliphatic hydroxyl groups is 1. The number of aryl methyl sites for hydroxylation is 1. The number of carbonyl (C=O) groups is 1. The first-order chi connectivity index (χ1) is 11.0. The molecule has 2 fully saturated rings. The number of nitrogens with zero attached hydrogens (tertiary/aromatic N) is 2. The van der Waals surface area contributed by atoms with Crippen LogP contribution in [0.4, 0.5) is 0 Å². The van der Waals surface area contributed by atoms with Crippen LogP contribution in [0.25, 0.3) is 0 Å². The number of β-amino-alcohol motifs (C(OH)–C–C–N with tert-alkyl or cyclic N) is 1. The highest BCUT2D eigenvalue weighted by Gasteiger charge is 2.39. The molecule has 1 atom stereocenters. The summed E-state index contributed by atoms with van der Waals surface area (Å²) in [7, 11) is 0. The van der Waals surface area contributed by atoms with Crippen LogP contribution in [0.15, 0.2) is 24.3 Å². The molecular weight excluding hydrogens is 312 g/mol. The lowest BCUT2D eigenvalue weighted by Crippen LogP contribution is -2.45. The minimum atomic E-state index is -0.722. The molecule has 0 aromatic heterocycles. The van der Waals surface area contributed by atoms with Gasteiger partial charge in [-0.3, -0.25) is 4.79 Å². The first kappa shape index (κ1) is 16.7. The summed E-state index contributed by atoms with van der Waals surface area (Å²) in [6.45, 7) is 4.00. The molecule has 0 radical (unpaired) electrons. The van der Waals surface area contributed by atoms with Gasteiger partial charge in [0.2, 0.25) is 5.91 Å². The highest BCUT2D eigenvalue weighted by Crippen LogP contribution is 2.25. The fourth-order valence-corrected chi connectivity index (χ4v) is 3.74. The zero-order valence-electron chi connectivity index (χ0n) is 13.5. The monoisotopic (exact) mass is 336 g/mol. The fourth-order valence-electron chi connectivity index (χ4n) is 3.62. The number of amides is 1. The Morgan fingerprint density at radius 1 is 1.17 bits per heavy atom. The van der Waals surface area contributed by atoms with E-state index in [1.807, 2.05) is 29.2 Å². The van der Waals surface area contributed by atoms with Crippen molar-refractivity contribution in [3.05, 3.63) is 34.9 Å². The quantitative estimate of drug-likeness (QED) is 0.897. The van der Waals surface area contributed by atoms with Crippen molar-refractivity contribution < 1.29 is 9.90 Å². The standard InChI is InChI=1S/C18H25ClN2O2/c19-16-6-3-15(4-7-16)5-8-17(22)21-12-9-18(23,14-21)13-20-10-1-2-11-20/h3-4,6-7,23H,1-2,5,8-14H2/t18-/m1/s1. The first-order valence-corrected chi connectivity index (χ1v) is 8.89. The average molecular weight is 337 g/mol. The molecule has 0 aliphatic carbocycles. The molecule has 1 N–H and O–H groups in total. The normalized spacial score (nSPS) is 25.2. The van der Waals surface area contributed by atoms with E-state index in [1.165, 1.54) is 12.8 Å². The van der Waals surface area contributed by atoms with Crippen molar-refractivity contribution in [1.29, 1.82) is 0 Å². The van der Waals surface area contributed by atoms with Crippen LogP contribution >= 0.6 is 11.6 Å². The minimum absolute atomic E-state index is 0.136. The van der Waals surface area contributed by atoms with Crippen molar-refractivity contribution in [2.24, 2.45) is 0 Å². The van der Waals surface area contributed by atoms with Crippen molar-refractivity contribution in [1.82, 2.24) is 9.80 Å². The lowest BCUT2D eigenvalue weighted by atomic mass is 10.0. The maximum atomic E-state index is 12.4. The van der Waals surface area contributed by atoms with Crippen molar-refractivity contribution in [3.8, 4) is 0 Å². The van der Waals surface area contributed by atoms with E-state index in [2.05, 4.69) is 4.90 Å². The van der Waals surface area contributed by atoms with Crippen LogP contribution in [0.1, 0.15) is 31.2 Å². The van der Waals surface area contributed by atoms with Gasteiger partial charge in [-0.25, -0.2) is 0 Å². The zero-order valence-corrected chi connectivity index (χ0v) is 14.3. The topological polar surface area (TPSA) is 43.8 Å². The van der Waals surface area contributed by atoms with Crippen LogP contribution in [0, 0.1) is 0 Å². The molecule has 2 aliphatic heterocycles. The van der Waals surface area contributed by atoms with Gasteiger partial charge in [0.15, 0.2) is 0 Å². The van der Waals surface area contributed by atoms with Crippen LogP contribution < -0.4 is 0 Å². The molecule has 0 bridgehead atoms. The van der Waals surface area contributed by atoms with Crippen molar-refractivity contribution in [3.63, 3.8) is 0 Å². The maximum Gasteiger partial charge on any atom is 0.223 e. The van der Waals surface area contributed by atoms with Crippen LogP contribution in [-0.4, -0.2) is 59.1 Å². The average Bonchev–Trinajstić information content (AvgIpc) is 3.16. The van der Waals surface area contributed by atoms with Gasteiger partial charge in [-0.05, 0) is 56.5 Å². The number of hydrogen-bond acceptors (Lipinski definition) is 3. The number of halogens is 1. The Kier molecular flexibility index (Phi) is 5.24. The smallest absolute Gasteiger partial charge is 0.223 e. The van der Waals surface area contributed by atoms with Gasteiger partial charge in [-0.1, -0.05) is 23.7 Å². The van der Waals surface area contributed by atoms with E-state index in [1.54, 1.807) is 0 Å². The van der Waals surface area contributed by atoms with E-state index in [0.717, 1.165) is 25.1 Å². The molecule has 2 heterocycles. The Morgan fingerprint density at radius 2 is 1.87 bits per heavy atom. The maximum absolute atomic E-state index is 12.4. The van der Waals surface area contributed by atoms with Gasteiger partial charge < -0.3 is 14.9 Å². The summed E-state index contributed by atoms with van der Waals surface area (Å²) in [5, 5.41) is 11.5. The van der Waals surface area contributed by atoms with E-state index >= 15 is 0 Å². The van der Waals surface area contributed by atoms with E-state index in [-0.39, 0.29) is 5.91 Å². The van der Waals surface area contributed by atoms with Gasteiger partial charge in [0.1, 0.15) is 0 Å². The summed E-state index contributed by atoms with van der Waals surface area (Å²) in [6.07, 6.45) is 4.34. The molecule has 0 saturated carbocycles. The van der Waals surface area contributed by atoms with E-state index in [0.29, 0.717) is 37.5 Å². The molecule has 2 aliphatic rings. The number of rotatable bonds is 5. The van der Waals surface area contributed by atoms with Crippen molar-refractivity contribution >= 4 is 17.5 Å². The Balaban J connectivity index is 1.47. The zero-order chi connectivity index (χ0) is 16.3. The van der Waals surface area contributed by atoms with Crippen molar-refractivity contribution in [2.45, 2.75) is 37.7 Å². The lowest BCUT2D eigenvalue weighted by Gasteiger charge is -2.28. The van der Waals surface area contributed by atoms with Gasteiger partial charge in [0, 0.05) is 24.5 Å². The summed E-state index contributed by atoms with van der Waals surface area (Å²) in [6, 6.07) is 7.63. The summed E-state index contributed by atoms with van der Waals surface area (Å²) >= 11 is 5.87. The molecule has 0 spiro atoms. The molecule has 1 aromatic rings. The highest BCUT2D eigenvalue weighted by molar-refractivity contribution is 6.30. The predicted octanol–water partition coefficient (Wildman–Crippen LogP) is 2.33. The molecule has 1 aromatic carbocycles. The number of hydrogen-bond donors (Lipinski definition) is 1. The number of benzene rings is 1. The fraction of sp³-hybridized carbons (Fsp3) is 0.611. The van der Waals surface area contributed by atoms with Crippen LogP contribution in [0.2, 0.25) is 5.02 Å². The predicted molar refractivity (Wildman–Crippen MR) is 91.6 cm³/mol. The van der Waals surface area contributed by atoms with Gasteiger partial charge in [0.25, 0.3) is 0 Å². The largest absolute Gasteiger partial charge is 0.387 e. The summed E-state index contributed by atoms with van der Waals surface area (Å²) in [5.74, 6) is 0.136. The van der Waals surface area contributed by atoms with Crippen LogP contribution in [0.3, 0.4) is 0 Å². The lowest BCUT2D eigenvalue weighted by molar-refractivity contribution is -0.131. The molecule has 3 rings (SSSR count). The summed E-state index contributed by atoms with van der Waals surface area (Å²) in [4.78, 5) is 16.5. The third-order valence-corrected chi connectivity index (χ3v) is 5.19. The molecule has 126 valence electrons. The molecule has 4 nitrogen and oxygen atoms in total. The van der Waals surface area contributed by atoms with E-state index < -0.39 is 5.60 Å². The number of carbonyl (C=O) groups excluding carboxylic acids is 1. The molecule has 5 heteroatoms. The van der Waals surface area contributed by atoms with Crippen LogP contribution in [0.5, 0.6) is 0 Å². The van der Waals surface area contributed by atoms with Gasteiger partial charge in [-0.2, -0.15) is 0 Å². The minimum Gasteiger partial charge on any atom is -0.387 e. The van der Waals surface area contributed by atoms with Gasteiger partial charge >= 0.3 is 0 Å². The summed E-state index contributed by atoms with van der Waals surface area (Å²) < 4.78 is 0. The Hall–Kier alpha value is -1.10. The number of likely N-dealkylation sites (tertiary alicyclic amines) is 2. The van der Waals surface area contributed by atoms with Crippen LogP contribution in [-0.2, 0) is 11.2 Å². The third kappa shape index (κ3) is 4.46. The van der Waals surface area contributed by atoms with Crippen molar-refractivity contribution in [2.75, 3.05) is 32.7 Å². The molecular formula is C18H25ClN2O2. The second-order valence-electron chi connectivity index (χ2n) is 6.90. The van der Waals surface area contributed by atoms with Gasteiger partial charge in [-0.15, -0.1) is 0 Å². The van der Waals surface area contributed by atoms with Gasteiger partial charge in [0.05, 0.1) is 12.1 Å². The Morgan fingerprint density at radius 3 is 2.57 bits per heavy atom. The highest BCUT2D eigenvalue weighted by atomic mass is 35.5. The molecule has 23 heavy (non-hydrogen) atoms. The van der Waals surface area contributed by atoms with E-state index in [9.17, 15) is 9.90 Å². The second kappa shape index (κ2) is 7.20. The SMILES string of the molecule is O=C(CCc1ccc(Cl)cc1)N1CC[C@@](O)(CN2CCCC2)C1. The Labute approximate surface area is 143 Å². The van der Waals surface area contributed by atoms with E-state index in [4.69, 9.17) is 11.6 Å². The molecule has 2 saturated heterocycles. The first-order valence-electron chi connectivity index (χ1n) is 8.51. The Bertz CT molecular complexity index is 542. The molecule has 0 unspecified atom stereocenters. The second-order valence-corrected chi connectivity index (χ2v) is 7.34. The third-order valence-electron chi connectivity index (χ3n) is 4.94.